The van der Waals surface area contributed by atoms with E-state index in [0.717, 1.165) is 19.1 Å². The molecule has 0 radical (unpaired) electrons. The minimum absolute atomic E-state index is 0.0196. The van der Waals surface area contributed by atoms with E-state index in [1.807, 2.05) is 0 Å². The van der Waals surface area contributed by atoms with Crippen LogP contribution < -0.4 is 0 Å². The van der Waals surface area contributed by atoms with Gasteiger partial charge >= 0.3 is 5.97 Å². The second-order valence-electron chi connectivity index (χ2n) is 5.02. The first kappa shape index (κ1) is 16.0. The Morgan fingerprint density at radius 2 is 2.05 bits per heavy atom. The van der Waals surface area contributed by atoms with Gasteiger partial charge < -0.3 is 4.74 Å². The van der Waals surface area contributed by atoms with Gasteiger partial charge in [0.25, 0.3) is 0 Å². The van der Waals surface area contributed by atoms with Crippen molar-refractivity contribution in [3.8, 4) is 0 Å². The molecule has 1 saturated carbocycles. The van der Waals surface area contributed by atoms with E-state index in [9.17, 15) is 18.0 Å². The van der Waals surface area contributed by atoms with Crippen molar-refractivity contribution in [1.82, 2.24) is 0 Å². The van der Waals surface area contributed by atoms with Crippen LogP contribution in [0, 0.1) is 0 Å². The van der Waals surface area contributed by atoms with Gasteiger partial charge in [-0.15, -0.1) is 0 Å². The second kappa shape index (κ2) is 6.15. The predicted octanol–water partition coefficient (Wildman–Crippen LogP) is 2.41. The molecule has 1 atom stereocenters. The topological polar surface area (TPSA) is 77.5 Å². The summed E-state index contributed by atoms with van der Waals surface area (Å²) in [7, 11) is -3.45. The molecule has 1 fully saturated rings. The lowest BCUT2D eigenvalue weighted by Crippen LogP contribution is -2.30. The summed E-state index contributed by atoms with van der Waals surface area (Å²) in [5.74, 6) is -0.879. The fourth-order valence-corrected chi connectivity index (χ4v) is 3.00. The van der Waals surface area contributed by atoms with Crippen LogP contribution in [0.2, 0.25) is 5.02 Å². The van der Waals surface area contributed by atoms with Gasteiger partial charge in [-0.1, -0.05) is 11.6 Å². The number of Topliss-reactive ketones (excluding diaryl/α,β-unsaturated/α-hetero) is 1. The molecular formula is C14H15ClO5S. The second-order valence-corrected chi connectivity index (χ2v) is 7.44. The van der Waals surface area contributed by atoms with Crippen molar-refractivity contribution in [1.29, 1.82) is 0 Å². The summed E-state index contributed by atoms with van der Waals surface area (Å²) in [6.45, 7) is 0. The van der Waals surface area contributed by atoms with Gasteiger partial charge in [-0.3, -0.25) is 4.79 Å². The number of ketones is 1. The molecule has 0 unspecified atom stereocenters. The van der Waals surface area contributed by atoms with Crippen LogP contribution in [-0.2, 0) is 19.4 Å². The number of hydrogen-bond donors (Lipinski definition) is 0. The van der Waals surface area contributed by atoms with Crippen molar-refractivity contribution in [2.24, 2.45) is 0 Å². The largest absolute Gasteiger partial charge is 0.451 e. The van der Waals surface area contributed by atoms with Crippen LogP contribution in [-0.4, -0.2) is 32.5 Å². The summed E-state index contributed by atoms with van der Waals surface area (Å²) in [5, 5.41) is 0.0932. The molecular weight excluding hydrogens is 316 g/mol. The monoisotopic (exact) mass is 330 g/mol. The summed E-state index contributed by atoms with van der Waals surface area (Å²) >= 11 is 5.91. The van der Waals surface area contributed by atoms with Crippen LogP contribution in [0.1, 0.15) is 36.0 Å². The van der Waals surface area contributed by atoms with E-state index in [1.54, 1.807) is 0 Å². The fourth-order valence-electron chi connectivity index (χ4n) is 2.16. The van der Waals surface area contributed by atoms with E-state index in [-0.39, 0.29) is 21.3 Å². The highest BCUT2D eigenvalue weighted by Gasteiger charge is 2.27. The van der Waals surface area contributed by atoms with Crippen molar-refractivity contribution in [3.63, 3.8) is 0 Å². The zero-order valence-corrected chi connectivity index (χ0v) is 13.0. The minimum atomic E-state index is -3.45. The zero-order chi connectivity index (χ0) is 15.6. The van der Waals surface area contributed by atoms with Gasteiger partial charge in [0.15, 0.2) is 21.7 Å². The van der Waals surface area contributed by atoms with E-state index < -0.39 is 21.9 Å². The third-order valence-corrected chi connectivity index (χ3v) is 4.77. The standard InChI is InChI=1S/C14H15ClO5S/c1-21(18,19)9-6-7-11(15)10(8-9)14(17)20-13-5-3-2-4-12(13)16/h6-8,13H,2-5H2,1H3/t13-/m1/s1. The molecule has 1 aliphatic carbocycles. The highest BCUT2D eigenvalue weighted by molar-refractivity contribution is 7.90. The highest BCUT2D eigenvalue weighted by Crippen LogP contribution is 2.24. The van der Waals surface area contributed by atoms with Crippen LogP contribution in [0.5, 0.6) is 0 Å². The van der Waals surface area contributed by atoms with Gasteiger partial charge in [0.1, 0.15) is 0 Å². The molecule has 0 spiro atoms. The van der Waals surface area contributed by atoms with Crippen LogP contribution in [0.4, 0.5) is 0 Å². The molecule has 21 heavy (non-hydrogen) atoms. The highest BCUT2D eigenvalue weighted by atomic mass is 35.5. The van der Waals surface area contributed by atoms with Crippen LogP contribution >= 0.6 is 11.6 Å². The Labute approximate surface area is 128 Å². The molecule has 7 heteroatoms. The number of benzene rings is 1. The van der Waals surface area contributed by atoms with Gasteiger partial charge in [-0.25, -0.2) is 13.2 Å². The normalized spacial score (nSPS) is 19.3. The molecule has 0 bridgehead atoms. The summed E-state index contributed by atoms with van der Waals surface area (Å²) in [6.07, 6.45) is 2.79. The number of ether oxygens (including phenoxy) is 1. The molecule has 0 saturated heterocycles. The first-order valence-electron chi connectivity index (χ1n) is 6.52. The van der Waals surface area contributed by atoms with E-state index in [2.05, 4.69) is 0 Å². The molecule has 0 amide bonds. The number of sulfone groups is 1. The Balaban J connectivity index is 2.24. The third-order valence-electron chi connectivity index (χ3n) is 3.33. The molecule has 0 heterocycles. The Kier molecular flexibility index (Phi) is 4.68. The number of carbonyl (C=O) groups is 2. The first-order valence-corrected chi connectivity index (χ1v) is 8.79. The number of halogens is 1. The molecule has 0 aliphatic heterocycles. The van der Waals surface area contributed by atoms with Crippen LogP contribution in [0.15, 0.2) is 23.1 Å². The third kappa shape index (κ3) is 3.83. The van der Waals surface area contributed by atoms with E-state index >= 15 is 0 Å². The maximum atomic E-state index is 12.1. The van der Waals surface area contributed by atoms with Crippen molar-refractivity contribution in [2.75, 3.05) is 6.26 Å². The van der Waals surface area contributed by atoms with E-state index in [0.29, 0.717) is 12.8 Å². The molecule has 1 aromatic carbocycles. The molecule has 1 aromatic rings. The molecule has 0 aromatic heterocycles. The van der Waals surface area contributed by atoms with E-state index in [4.69, 9.17) is 16.3 Å². The van der Waals surface area contributed by atoms with E-state index in [1.165, 1.54) is 18.2 Å². The van der Waals surface area contributed by atoms with Crippen molar-refractivity contribution in [3.05, 3.63) is 28.8 Å². The lowest BCUT2D eigenvalue weighted by atomic mass is 9.96. The summed E-state index contributed by atoms with van der Waals surface area (Å²) in [5.41, 5.74) is -0.0436. The van der Waals surface area contributed by atoms with Gasteiger partial charge in [-0.05, 0) is 37.5 Å². The summed E-state index contributed by atoms with van der Waals surface area (Å²) in [4.78, 5) is 23.8. The molecule has 2 rings (SSSR count). The average Bonchev–Trinajstić information content (AvgIpc) is 2.40. The lowest BCUT2D eigenvalue weighted by molar-refractivity contribution is -0.129. The molecule has 1 aliphatic rings. The SMILES string of the molecule is CS(=O)(=O)c1ccc(Cl)c(C(=O)O[C@@H]2CCCCC2=O)c1. The zero-order valence-electron chi connectivity index (χ0n) is 11.5. The molecule has 0 N–H and O–H groups in total. The van der Waals surface area contributed by atoms with Crippen molar-refractivity contribution >= 4 is 33.2 Å². The lowest BCUT2D eigenvalue weighted by Gasteiger charge is -2.21. The maximum Gasteiger partial charge on any atom is 0.340 e. The van der Waals surface area contributed by atoms with Gasteiger partial charge in [0.2, 0.25) is 0 Å². The number of hydrogen-bond acceptors (Lipinski definition) is 5. The fraction of sp³-hybridized carbons (Fsp3) is 0.429. The summed E-state index contributed by atoms with van der Waals surface area (Å²) < 4.78 is 28.2. The Morgan fingerprint density at radius 1 is 1.33 bits per heavy atom. The average molecular weight is 331 g/mol. The Bertz CT molecular complexity index is 681. The number of esters is 1. The Hall–Kier alpha value is -1.40. The summed E-state index contributed by atoms with van der Waals surface area (Å²) in [6, 6.07) is 3.82. The molecule has 5 nitrogen and oxygen atoms in total. The Morgan fingerprint density at radius 3 is 2.67 bits per heavy atom. The molecule has 114 valence electrons. The van der Waals surface area contributed by atoms with Gasteiger partial charge in [-0.2, -0.15) is 0 Å². The first-order chi connectivity index (χ1) is 9.79. The smallest absolute Gasteiger partial charge is 0.340 e. The predicted molar refractivity (Wildman–Crippen MR) is 77.2 cm³/mol. The van der Waals surface area contributed by atoms with Gasteiger partial charge in [0.05, 0.1) is 15.5 Å². The quantitative estimate of drug-likeness (QED) is 0.795. The minimum Gasteiger partial charge on any atom is -0.451 e. The van der Waals surface area contributed by atoms with Gasteiger partial charge in [0, 0.05) is 12.7 Å². The van der Waals surface area contributed by atoms with Crippen LogP contribution in [0.3, 0.4) is 0 Å². The van der Waals surface area contributed by atoms with Crippen LogP contribution in [0.25, 0.3) is 0 Å². The van der Waals surface area contributed by atoms with Crippen molar-refractivity contribution < 1.29 is 22.7 Å². The maximum absolute atomic E-state index is 12.1. The number of carbonyl (C=O) groups excluding carboxylic acids is 2. The number of rotatable bonds is 3. The van der Waals surface area contributed by atoms with Crippen molar-refractivity contribution in [2.45, 2.75) is 36.7 Å².